The van der Waals surface area contributed by atoms with E-state index in [0.29, 0.717) is 6.42 Å². The predicted molar refractivity (Wildman–Crippen MR) is 89.5 cm³/mol. The molecule has 4 nitrogen and oxygen atoms in total. The van der Waals surface area contributed by atoms with Crippen LogP contribution < -0.4 is 4.90 Å². The minimum Gasteiger partial charge on any atom is -0.303 e. The Balaban J connectivity index is 2.29. The molecule has 118 valence electrons. The molecule has 2 rings (SSSR count). The first-order valence-electron chi connectivity index (χ1n) is 8.16. The zero-order chi connectivity index (χ0) is 16.0. The number of anilines is 1. The van der Waals surface area contributed by atoms with Gasteiger partial charge in [-0.3, -0.25) is 9.64 Å². The van der Waals surface area contributed by atoms with Gasteiger partial charge < -0.3 is 4.90 Å². The van der Waals surface area contributed by atoms with E-state index in [1.54, 1.807) is 4.90 Å². The number of para-hydroxylation sites is 1. The monoisotopic (exact) mass is 299 g/mol. The highest BCUT2D eigenvalue weighted by Gasteiger charge is 2.48. The molecule has 0 N–H and O–H groups in total. The zero-order valence-corrected chi connectivity index (χ0v) is 13.6. The molecule has 0 radical (unpaired) electrons. The van der Waals surface area contributed by atoms with Gasteiger partial charge in [0.2, 0.25) is 5.91 Å². The van der Waals surface area contributed by atoms with Crippen LogP contribution in [0.4, 0.5) is 5.69 Å². The molecule has 4 heteroatoms. The summed E-state index contributed by atoms with van der Waals surface area (Å²) in [4.78, 5) is 20.6. The number of rotatable bonds is 5. The van der Waals surface area contributed by atoms with Crippen LogP contribution in [0, 0.1) is 6.57 Å². The number of nitrogens with zero attached hydrogens (tertiary/aromatic N) is 3. The van der Waals surface area contributed by atoms with Gasteiger partial charge >= 0.3 is 5.66 Å². The number of piperidine rings is 1. The second kappa shape index (κ2) is 7.42. The van der Waals surface area contributed by atoms with E-state index >= 15 is 0 Å². The van der Waals surface area contributed by atoms with E-state index in [4.69, 9.17) is 6.57 Å². The van der Waals surface area contributed by atoms with Crippen LogP contribution in [0.3, 0.4) is 0 Å². The normalized spacial score (nSPS) is 17.7. The number of likely N-dealkylation sites (tertiary alicyclic amines) is 1. The molecule has 0 saturated carbocycles. The Morgan fingerprint density at radius 1 is 1.27 bits per heavy atom. The number of benzene rings is 1. The van der Waals surface area contributed by atoms with Gasteiger partial charge in [-0.2, -0.15) is 0 Å². The summed E-state index contributed by atoms with van der Waals surface area (Å²) in [5.74, 6) is 0.0335. The molecular formula is C18H25N3O. The first-order chi connectivity index (χ1) is 10.7. The first-order valence-corrected chi connectivity index (χ1v) is 8.16. The van der Waals surface area contributed by atoms with E-state index in [9.17, 15) is 4.79 Å². The van der Waals surface area contributed by atoms with Gasteiger partial charge in [-0.05, 0) is 25.1 Å². The van der Waals surface area contributed by atoms with Crippen LogP contribution in [0.2, 0.25) is 0 Å². The molecule has 1 fully saturated rings. The van der Waals surface area contributed by atoms with Crippen LogP contribution in [-0.4, -0.2) is 36.1 Å². The van der Waals surface area contributed by atoms with E-state index in [2.05, 4.69) is 16.7 Å². The van der Waals surface area contributed by atoms with Crippen molar-refractivity contribution >= 4 is 11.6 Å². The maximum Gasteiger partial charge on any atom is 0.316 e. The van der Waals surface area contributed by atoms with Crippen LogP contribution in [-0.2, 0) is 4.79 Å². The summed E-state index contributed by atoms with van der Waals surface area (Å²) in [6.07, 6.45) is 2.99. The number of amides is 1. The van der Waals surface area contributed by atoms with Crippen molar-refractivity contribution in [2.75, 3.05) is 24.5 Å². The Morgan fingerprint density at radius 3 is 2.41 bits per heavy atom. The van der Waals surface area contributed by atoms with Crippen molar-refractivity contribution in [2.24, 2.45) is 0 Å². The maximum absolute atomic E-state index is 12.6. The lowest BCUT2D eigenvalue weighted by Gasteiger charge is -2.40. The van der Waals surface area contributed by atoms with E-state index in [0.717, 1.165) is 44.6 Å². The Bertz CT molecular complexity index is 527. The molecule has 0 spiro atoms. The molecule has 1 heterocycles. The fourth-order valence-corrected chi connectivity index (χ4v) is 3.19. The van der Waals surface area contributed by atoms with Crippen molar-refractivity contribution in [2.45, 2.75) is 45.2 Å². The summed E-state index contributed by atoms with van der Waals surface area (Å²) in [5.41, 5.74) is 0.118. The third-order valence-electron chi connectivity index (χ3n) is 4.39. The van der Waals surface area contributed by atoms with Crippen molar-refractivity contribution in [3.05, 3.63) is 41.7 Å². The highest BCUT2D eigenvalue weighted by atomic mass is 16.2. The molecule has 0 bridgehead atoms. The Hall–Kier alpha value is -1.86. The van der Waals surface area contributed by atoms with Crippen LogP contribution in [0.15, 0.2) is 30.3 Å². The molecule has 1 aliphatic heterocycles. The minimum absolute atomic E-state index is 0.0335. The van der Waals surface area contributed by atoms with Crippen LogP contribution in [0.25, 0.3) is 4.85 Å². The highest BCUT2D eigenvalue weighted by molar-refractivity contribution is 5.95. The summed E-state index contributed by atoms with van der Waals surface area (Å²) < 4.78 is 0. The number of carbonyl (C=O) groups is 1. The van der Waals surface area contributed by atoms with E-state index in [-0.39, 0.29) is 5.91 Å². The molecule has 0 aliphatic carbocycles. The average molecular weight is 299 g/mol. The fourth-order valence-electron chi connectivity index (χ4n) is 3.19. The van der Waals surface area contributed by atoms with Gasteiger partial charge in [0.15, 0.2) is 0 Å². The van der Waals surface area contributed by atoms with Crippen molar-refractivity contribution in [1.29, 1.82) is 0 Å². The summed E-state index contributed by atoms with van der Waals surface area (Å²) >= 11 is 0. The molecule has 22 heavy (non-hydrogen) atoms. The molecule has 1 aromatic rings. The molecular weight excluding hydrogens is 274 g/mol. The van der Waals surface area contributed by atoms with E-state index < -0.39 is 5.66 Å². The topological polar surface area (TPSA) is 27.9 Å². The number of hydrogen-bond donors (Lipinski definition) is 0. The highest BCUT2D eigenvalue weighted by Crippen LogP contribution is 2.35. The fraction of sp³-hybridized carbons (Fsp3) is 0.556. The van der Waals surface area contributed by atoms with Crippen LogP contribution in [0.1, 0.15) is 39.5 Å². The van der Waals surface area contributed by atoms with Crippen molar-refractivity contribution in [1.82, 2.24) is 4.90 Å². The predicted octanol–water partition coefficient (Wildman–Crippen LogP) is 3.55. The number of carbonyl (C=O) groups excluding carboxylic acids is 1. The summed E-state index contributed by atoms with van der Waals surface area (Å²) in [7, 11) is 0. The molecule has 0 atom stereocenters. The van der Waals surface area contributed by atoms with Gasteiger partial charge in [-0.15, -0.1) is 0 Å². The van der Waals surface area contributed by atoms with Crippen LogP contribution in [0.5, 0.6) is 0 Å². The quantitative estimate of drug-likeness (QED) is 0.778. The Morgan fingerprint density at radius 2 is 1.91 bits per heavy atom. The molecule has 1 aliphatic rings. The lowest BCUT2D eigenvalue weighted by atomic mass is 9.94. The second-order valence-electron chi connectivity index (χ2n) is 5.85. The number of hydrogen-bond acceptors (Lipinski definition) is 2. The molecule has 0 unspecified atom stereocenters. The van der Waals surface area contributed by atoms with Gasteiger partial charge in [-0.1, -0.05) is 32.0 Å². The van der Waals surface area contributed by atoms with Crippen molar-refractivity contribution in [3.63, 3.8) is 0 Å². The third kappa shape index (κ3) is 3.31. The molecule has 1 amide bonds. The second-order valence-corrected chi connectivity index (χ2v) is 5.85. The molecule has 0 aromatic heterocycles. The summed E-state index contributed by atoms with van der Waals surface area (Å²) in [5, 5.41) is 0. The van der Waals surface area contributed by atoms with Crippen molar-refractivity contribution < 1.29 is 4.79 Å². The van der Waals surface area contributed by atoms with Gasteiger partial charge in [-0.25, -0.2) is 11.5 Å². The van der Waals surface area contributed by atoms with Gasteiger partial charge in [0.05, 0.1) is 18.5 Å². The Labute approximate surface area is 133 Å². The third-order valence-corrected chi connectivity index (χ3v) is 4.39. The Kier molecular flexibility index (Phi) is 5.57. The maximum atomic E-state index is 12.6. The smallest absolute Gasteiger partial charge is 0.303 e. The summed E-state index contributed by atoms with van der Waals surface area (Å²) in [6, 6.07) is 9.65. The largest absolute Gasteiger partial charge is 0.316 e. The van der Waals surface area contributed by atoms with E-state index in [1.807, 2.05) is 37.3 Å². The van der Waals surface area contributed by atoms with Gasteiger partial charge in [0.1, 0.15) is 0 Å². The van der Waals surface area contributed by atoms with Crippen LogP contribution >= 0.6 is 0 Å². The summed E-state index contributed by atoms with van der Waals surface area (Å²) in [6.45, 7) is 14.7. The SMILES string of the molecule is [C-]#[N+]C1(N(C(=O)CC)c2ccccc2)CCN(CCC)CC1. The lowest BCUT2D eigenvalue weighted by Crippen LogP contribution is -2.56. The standard InChI is InChI=1S/C18H25N3O/c1-4-13-20-14-11-18(19-3,12-15-20)21(17(22)5-2)16-9-7-6-8-10-16/h6-10H,4-5,11-15H2,1-2H3. The zero-order valence-electron chi connectivity index (χ0n) is 13.6. The van der Waals surface area contributed by atoms with Crippen molar-refractivity contribution in [3.8, 4) is 0 Å². The molecule has 1 saturated heterocycles. The lowest BCUT2D eigenvalue weighted by molar-refractivity contribution is -0.119. The first kappa shape index (κ1) is 16.5. The van der Waals surface area contributed by atoms with Gasteiger partial charge in [0.25, 0.3) is 0 Å². The average Bonchev–Trinajstić information content (AvgIpc) is 2.58. The molecule has 1 aromatic carbocycles. The van der Waals surface area contributed by atoms with E-state index in [1.165, 1.54) is 0 Å². The minimum atomic E-state index is -0.724. The van der Waals surface area contributed by atoms with Gasteiger partial charge in [0, 0.05) is 19.5 Å².